The van der Waals surface area contributed by atoms with Crippen LogP contribution in [0, 0.1) is 0 Å². The van der Waals surface area contributed by atoms with Crippen molar-refractivity contribution in [2.24, 2.45) is 0 Å². The van der Waals surface area contributed by atoms with Crippen molar-refractivity contribution >= 4 is 17.7 Å². The quantitative estimate of drug-likeness (QED) is 0.701. The predicted molar refractivity (Wildman–Crippen MR) is 57.0 cm³/mol. The number of hydrogen-bond acceptors (Lipinski definition) is 3. The van der Waals surface area contributed by atoms with Crippen molar-refractivity contribution in [1.82, 2.24) is 10.6 Å². The third-order valence-electron chi connectivity index (χ3n) is 2.30. The molecule has 0 unspecified atom stereocenters. The van der Waals surface area contributed by atoms with Crippen molar-refractivity contribution in [3.8, 4) is 0 Å². The summed E-state index contributed by atoms with van der Waals surface area (Å²) in [6, 6.07) is 0.357. The Labute approximate surface area is 84.0 Å². The molecule has 0 aromatic rings. The summed E-state index contributed by atoms with van der Waals surface area (Å²) in [6.07, 6.45) is 2.23. The van der Waals surface area contributed by atoms with Crippen LogP contribution < -0.4 is 10.6 Å². The summed E-state index contributed by atoms with van der Waals surface area (Å²) >= 11 is 1.78. The summed E-state index contributed by atoms with van der Waals surface area (Å²) < 4.78 is 0. The monoisotopic (exact) mass is 202 g/mol. The molecule has 3 nitrogen and oxygen atoms in total. The van der Waals surface area contributed by atoms with E-state index in [9.17, 15) is 4.79 Å². The lowest BCUT2D eigenvalue weighted by atomic mass is 10.2. The first-order chi connectivity index (χ1) is 6.24. The van der Waals surface area contributed by atoms with E-state index in [0.29, 0.717) is 6.04 Å². The van der Waals surface area contributed by atoms with Gasteiger partial charge in [-0.15, -0.1) is 11.8 Å². The molecule has 1 rings (SSSR count). The van der Waals surface area contributed by atoms with Gasteiger partial charge in [0.15, 0.2) is 0 Å². The Morgan fingerprint density at radius 3 is 3.00 bits per heavy atom. The van der Waals surface area contributed by atoms with Gasteiger partial charge in [-0.25, -0.2) is 0 Å². The molecule has 0 aliphatic carbocycles. The molecule has 0 radical (unpaired) electrons. The number of rotatable bonds is 4. The zero-order valence-corrected chi connectivity index (χ0v) is 9.12. The number of thioether (sulfide) groups is 1. The summed E-state index contributed by atoms with van der Waals surface area (Å²) in [7, 11) is 1.90. The summed E-state index contributed by atoms with van der Waals surface area (Å²) in [5, 5.41) is 6.25. The molecule has 0 aromatic heterocycles. The molecular weight excluding hydrogens is 184 g/mol. The molecule has 2 atom stereocenters. The Morgan fingerprint density at radius 2 is 2.46 bits per heavy atom. The van der Waals surface area contributed by atoms with E-state index in [1.165, 1.54) is 6.42 Å². The van der Waals surface area contributed by atoms with Gasteiger partial charge in [-0.05, 0) is 32.6 Å². The molecule has 2 N–H and O–H groups in total. The molecule has 0 aromatic carbocycles. The van der Waals surface area contributed by atoms with Gasteiger partial charge in [-0.1, -0.05) is 0 Å². The number of carbonyl (C=O) groups is 1. The molecule has 1 saturated heterocycles. The topological polar surface area (TPSA) is 41.1 Å². The fourth-order valence-corrected chi connectivity index (χ4v) is 2.44. The number of carbonyl (C=O) groups excluding carboxylic acids is 1. The van der Waals surface area contributed by atoms with E-state index in [0.717, 1.165) is 18.7 Å². The first-order valence-corrected chi connectivity index (χ1v) is 5.85. The van der Waals surface area contributed by atoms with Crippen LogP contribution in [0.25, 0.3) is 0 Å². The number of amides is 1. The van der Waals surface area contributed by atoms with E-state index in [4.69, 9.17) is 0 Å². The van der Waals surface area contributed by atoms with E-state index >= 15 is 0 Å². The van der Waals surface area contributed by atoms with Crippen LogP contribution in [0.15, 0.2) is 0 Å². The van der Waals surface area contributed by atoms with Crippen molar-refractivity contribution in [3.05, 3.63) is 0 Å². The van der Waals surface area contributed by atoms with Crippen molar-refractivity contribution in [2.75, 3.05) is 19.3 Å². The highest BCUT2D eigenvalue weighted by molar-refractivity contribution is 8.00. The highest BCUT2D eigenvalue weighted by Gasteiger charge is 2.22. The average Bonchev–Trinajstić information content (AvgIpc) is 2.66. The van der Waals surface area contributed by atoms with Crippen molar-refractivity contribution in [2.45, 2.75) is 31.1 Å². The van der Waals surface area contributed by atoms with E-state index < -0.39 is 0 Å². The van der Waals surface area contributed by atoms with E-state index in [1.54, 1.807) is 11.8 Å². The molecule has 1 amide bonds. The van der Waals surface area contributed by atoms with Crippen LogP contribution in [0.3, 0.4) is 0 Å². The molecule has 1 fully saturated rings. The van der Waals surface area contributed by atoms with Crippen LogP contribution in [0.5, 0.6) is 0 Å². The maximum absolute atomic E-state index is 11.5. The predicted octanol–water partition coefficient (Wildman–Crippen LogP) is 0.606. The van der Waals surface area contributed by atoms with Crippen LogP contribution in [0.4, 0.5) is 0 Å². The van der Waals surface area contributed by atoms with Crippen LogP contribution in [0.2, 0.25) is 0 Å². The van der Waals surface area contributed by atoms with Gasteiger partial charge in [0.25, 0.3) is 0 Å². The largest absolute Gasteiger partial charge is 0.354 e. The van der Waals surface area contributed by atoms with Gasteiger partial charge in [-0.3, -0.25) is 4.79 Å². The molecule has 1 aliphatic rings. The standard InChI is InChI=1S/C9H18N2OS/c1-7(10-2)6-11-9(12)8-4-3-5-13-8/h7-8,10H,3-6H2,1-2H3,(H,11,12)/t7-,8-/m1/s1. The summed E-state index contributed by atoms with van der Waals surface area (Å²) in [6.45, 7) is 2.79. The maximum Gasteiger partial charge on any atom is 0.233 e. The van der Waals surface area contributed by atoms with Crippen molar-refractivity contribution in [3.63, 3.8) is 0 Å². The Bertz CT molecular complexity index is 169. The fourth-order valence-electron chi connectivity index (χ4n) is 1.25. The Hall–Kier alpha value is -0.220. The molecule has 0 spiro atoms. The molecule has 1 aliphatic heterocycles. The minimum Gasteiger partial charge on any atom is -0.354 e. The Kier molecular flexibility index (Phi) is 4.59. The van der Waals surface area contributed by atoms with Crippen LogP contribution in [0.1, 0.15) is 19.8 Å². The van der Waals surface area contributed by atoms with Gasteiger partial charge in [0, 0.05) is 12.6 Å². The maximum atomic E-state index is 11.5. The molecule has 4 heteroatoms. The summed E-state index contributed by atoms with van der Waals surface area (Å²) in [5.74, 6) is 1.35. The third-order valence-corrected chi connectivity index (χ3v) is 3.67. The van der Waals surface area contributed by atoms with Gasteiger partial charge < -0.3 is 10.6 Å². The minimum absolute atomic E-state index is 0.212. The molecule has 76 valence electrons. The summed E-state index contributed by atoms with van der Waals surface area (Å²) in [5.41, 5.74) is 0. The molecule has 0 saturated carbocycles. The molecule has 0 bridgehead atoms. The molecule has 1 heterocycles. The minimum atomic E-state index is 0.212. The Balaban J connectivity index is 2.16. The lowest BCUT2D eigenvalue weighted by molar-refractivity contribution is -0.120. The second-order valence-electron chi connectivity index (χ2n) is 3.44. The summed E-state index contributed by atoms with van der Waals surface area (Å²) in [4.78, 5) is 11.5. The first-order valence-electron chi connectivity index (χ1n) is 4.80. The van der Waals surface area contributed by atoms with Crippen LogP contribution in [-0.4, -0.2) is 36.5 Å². The van der Waals surface area contributed by atoms with Gasteiger partial charge in [0.1, 0.15) is 0 Å². The van der Waals surface area contributed by atoms with Crippen molar-refractivity contribution < 1.29 is 4.79 Å². The first kappa shape index (κ1) is 10.9. The fraction of sp³-hybridized carbons (Fsp3) is 0.889. The van der Waals surface area contributed by atoms with Gasteiger partial charge in [0.05, 0.1) is 5.25 Å². The average molecular weight is 202 g/mol. The lowest BCUT2D eigenvalue weighted by Gasteiger charge is -2.13. The van der Waals surface area contributed by atoms with Crippen molar-refractivity contribution in [1.29, 1.82) is 0 Å². The van der Waals surface area contributed by atoms with Crippen LogP contribution >= 0.6 is 11.8 Å². The number of likely N-dealkylation sites (N-methyl/N-ethyl adjacent to an activating group) is 1. The second-order valence-corrected chi connectivity index (χ2v) is 4.75. The second kappa shape index (κ2) is 5.50. The molecular formula is C9H18N2OS. The zero-order chi connectivity index (χ0) is 9.68. The van der Waals surface area contributed by atoms with Gasteiger partial charge in [-0.2, -0.15) is 0 Å². The SMILES string of the molecule is CN[C@H](C)CNC(=O)[C@H]1CCCS1. The van der Waals surface area contributed by atoms with Crippen LogP contribution in [-0.2, 0) is 4.79 Å². The highest BCUT2D eigenvalue weighted by Crippen LogP contribution is 2.25. The van der Waals surface area contributed by atoms with E-state index in [2.05, 4.69) is 17.6 Å². The third kappa shape index (κ3) is 3.56. The highest BCUT2D eigenvalue weighted by atomic mass is 32.2. The molecule has 13 heavy (non-hydrogen) atoms. The van der Waals surface area contributed by atoms with E-state index in [1.807, 2.05) is 7.05 Å². The lowest BCUT2D eigenvalue weighted by Crippen LogP contribution is -2.40. The normalized spacial score (nSPS) is 24.3. The smallest absolute Gasteiger partial charge is 0.233 e. The van der Waals surface area contributed by atoms with E-state index in [-0.39, 0.29) is 11.2 Å². The zero-order valence-electron chi connectivity index (χ0n) is 8.30. The van der Waals surface area contributed by atoms with Gasteiger partial charge in [0.2, 0.25) is 5.91 Å². The Morgan fingerprint density at radius 1 is 1.69 bits per heavy atom. The number of nitrogens with one attached hydrogen (secondary N) is 2. The number of hydrogen-bond donors (Lipinski definition) is 2. The van der Waals surface area contributed by atoms with Gasteiger partial charge >= 0.3 is 0 Å².